The lowest BCUT2D eigenvalue weighted by Crippen LogP contribution is -2.48. The minimum absolute atomic E-state index is 0.236. The highest BCUT2D eigenvalue weighted by Crippen LogP contribution is 2.30. The summed E-state index contributed by atoms with van der Waals surface area (Å²) in [6, 6.07) is 0.955. The van der Waals surface area contributed by atoms with E-state index < -0.39 is 0 Å². The van der Waals surface area contributed by atoms with Crippen molar-refractivity contribution in [2.75, 3.05) is 19.6 Å². The van der Waals surface area contributed by atoms with E-state index in [1.54, 1.807) is 0 Å². The Morgan fingerprint density at radius 2 is 1.95 bits per heavy atom. The molecule has 0 aromatic carbocycles. The molecule has 0 spiro atoms. The predicted octanol–water partition coefficient (Wildman–Crippen LogP) is 2.31. The highest BCUT2D eigenvalue weighted by molar-refractivity contribution is 5.80. The molecule has 1 aromatic heterocycles. The van der Waals surface area contributed by atoms with Crippen molar-refractivity contribution in [1.29, 1.82) is 0 Å². The summed E-state index contributed by atoms with van der Waals surface area (Å²) in [6.45, 7) is 9.21. The first-order chi connectivity index (χ1) is 10.6. The molecule has 0 N–H and O–H groups in total. The largest absolute Gasteiger partial charge is 0.361 e. The molecule has 2 atom stereocenters. The van der Waals surface area contributed by atoms with Gasteiger partial charge in [-0.05, 0) is 52.6 Å². The maximum atomic E-state index is 12.8. The molecule has 2 saturated heterocycles. The quantitative estimate of drug-likeness (QED) is 0.856. The van der Waals surface area contributed by atoms with Crippen LogP contribution in [0, 0.1) is 13.8 Å². The molecule has 2 fully saturated rings. The lowest BCUT2D eigenvalue weighted by molar-refractivity contribution is -0.132. The molecule has 0 bridgehead atoms. The molecule has 3 heterocycles. The van der Waals surface area contributed by atoms with Crippen LogP contribution in [0.3, 0.4) is 0 Å². The lowest BCUT2D eigenvalue weighted by atomic mass is 10.0. The number of aryl methyl sites for hydroxylation is 2. The number of carbonyl (C=O) groups is 1. The molecule has 2 aliphatic heterocycles. The monoisotopic (exact) mass is 305 g/mol. The highest BCUT2D eigenvalue weighted by Gasteiger charge is 2.39. The van der Waals surface area contributed by atoms with Crippen LogP contribution < -0.4 is 0 Å². The second-order valence-corrected chi connectivity index (χ2v) is 6.61. The van der Waals surface area contributed by atoms with Crippen molar-refractivity contribution < 1.29 is 9.32 Å². The number of likely N-dealkylation sites (N-methyl/N-ethyl adjacent to an activating group) is 1. The molecule has 2 unspecified atom stereocenters. The number of likely N-dealkylation sites (tertiary alicyclic amines) is 2. The van der Waals surface area contributed by atoms with Gasteiger partial charge >= 0.3 is 0 Å². The van der Waals surface area contributed by atoms with Gasteiger partial charge < -0.3 is 9.42 Å². The van der Waals surface area contributed by atoms with Crippen LogP contribution in [-0.4, -0.2) is 52.6 Å². The summed E-state index contributed by atoms with van der Waals surface area (Å²) in [5, 5.41) is 3.96. The molecule has 1 amide bonds. The standard InChI is InChI=1S/C17H27N3O2/c1-4-19-9-5-7-15(19)16-8-6-10-20(16)17(21)11-14-12(2)18-22-13(14)3/h15-16H,4-11H2,1-3H3. The lowest BCUT2D eigenvalue weighted by Gasteiger charge is -2.34. The molecule has 3 rings (SSSR count). The average Bonchev–Trinajstić information content (AvgIpc) is 3.21. The Labute approximate surface area is 132 Å². The van der Waals surface area contributed by atoms with Gasteiger partial charge in [0, 0.05) is 24.2 Å². The van der Waals surface area contributed by atoms with Crippen LogP contribution in [0.1, 0.15) is 49.6 Å². The van der Waals surface area contributed by atoms with E-state index in [0.717, 1.165) is 42.9 Å². The summed E-state index contributed by atoms with van der Waals surface area (Å²) in [4.78, 5) is 17.5. The zero-order valence-corrected chi connectivity index (χ0v) is 14.0. The van der Waals surface area contributed by atoms with E-state index in [1.807, 2.05) is 13.8 Å². The third kappa shape index (κ3) is 2.78. The number of hydrogen-bond acceptors (Lipinski definition) is 4. The van der Waals surface area contributed by atoms with Gasteiger partial charge in [0.2, 0.25) is 5.91 Å². The van der Waals surface area contributed by atoms with E-state index in [-0.39, 0.29) is 5.91 Å². The molecule has 1 aromatic rings. The SMILES string of the molecule is CCN1CCCC1C1CCCN1C(=O)Cc1c(C)noc1C. The molecule has 22 heavy (non-hydrogen) atoms. The number of rotatable bonds is 4. The molecule has 2 aliphatic rings. The van der Waals surface area contributed by atoms with E-state index in [4.69, 9.17) is 4.52 Å². The highest BCUT2D eigenvalue weighted by atomic mass is 16.5. The van der Waals surface area contributed by atoms with Crippen LogP contribution in [0.25, 0.3) is 0 Å². The summed E-state index contributed by atoms with van der Waals surface area (Å²) in [5.41, 5.74) is 1.81. The van der Waals surface area contributed by atoms with Gasteiger partial charge in [0.05, 0.1) is 12.1 Å². The molecule has 0 aliphatic carbocycles. The van der Waals surface area contributed by atoms with E-state index in [1.165, 1.54) is 19.4 Å². The third-order valence-electron chi connectivity index (χ3n) is 5.39. The van der Waals surface area contributed by atoms with Gasteiger partial charge in [-0.3, -0.25) is 9.69 Å². The minimum atomic E-state index is 0.236. The summed E-state index contributed by atoms with van der Waals surface area (Å²) < 4.78 is 5.19. The van der Waals surface area contributed by atoms with Crippen LogP contribution in [0.4, 0.5) is 0 Å². The van der Waals surface area contributed by atoms with E-state index in [9.17, 15) is 4.79 Å². The van der Waals surface area contributed by atoms with Crippen molar-refractivity contribution >= 4 is 5.91 Å². The van der Waals surface area contributed by atoms with Crippen molar-refractivity contribution in [3.05, 3.63) is 17.0 Å². The number of nitrogens with zero attached hydrogens (tertiary/aromatic N) is 3. The Morgan fingerprint density at radius 3 is 2.64 bits per heavy atom. The fourth-order valence-electron chi connectivity index (χ4n) is 4.19. The third-order valence-corrected chi connectivity index (χ3v) is 5.39. The Bertz CT molecular complexity index is 521. The van der Waals surface area contributed by atoms with Crippen LogP contribution in [0.2, 0.25) is 0 Å². The normalized spacial score (nSPS) is 26.0. The second kappa shape index (κ2) is 6.41. The second-order valence-electron chi connectivity index (χ2n) is 6.61. The summed E-state index contributed by atoms with van der Waals surface area (Å²) >= 11 is 0. The molecule has 0 radical (unpaired) electrons. The number of carbonyl (C=O) groups excluding carboxylic acids is 1. The van der Waals surface area contributed by atoms with Gasteiger partial charge in [0.1, 0.15) is 5.76 Å². The summed E-state index contributed by atoms with van der Waals surface area (Å²) in [7, 11) is 0. The smallest absolute Gasteiger partial charge is 0.227 e. The maximum Gasteiger partial charge on any atom is 0.227 e. The summed E-state index contributed by atoms with van der Waals surface area (Å²) in [6.07, 6.45) is 5.20. The van der Waals surface area contributed by atoms with Crippen molar-refractivity contribution in [1.82, 2.24) is 15.0 Å². The van der Waals surface area contributed by atoms with Crippen molar-refractivity contribution in [2.45, 2.75) is 65.0 Å². The number of hydrogen-bond donors (Lipinski definition) is 0. The summed E-state index contributed by atoms with van der Waals surface area (Å²) in [5.74, 6) is 1.01. The first kappa shape index (κ1) is 15.5. The van der Waals surface area contributed by atoms with Crippen molar-refractivity contribution in [3.8, 4) is 0 Å². The van der Waals surface area contributed by atoms with Crippen molar-refractivity contribution in [2.24, 2.45) is 0 Å². The Balaban J connectivity index is 1.71. The van der Waals surface area contributed by atoms with Crippen LogP contribution in [0.15, 0.2) is 4.52 Å². The molecule has 5 heteroatoms. The van der Waals surface area contributed by atoms with Crippen molar-refractivity contribution in [3.63, 3.8) is 0 Å². The Hall–Kier alpha value is -1.36. The van der Waals surface area contributed by atoms with Gasteiger partial charge in [0.15, 0.2) is 0 Å². The fraction of sp³-hybridized carbons (Fsp3) is 0.765. The van der Waals surface area contributed by atoms with E-state index >= 15 is 0 Å². The van der Waals surface area contributed by atoms with Crippen LogP contribution >= 0.6 is 0 Å². The topological polar surface area (TPSA) is 49.6 Å². The number of amides is 1. The molecule has 0 saturated carbocycles. The maximum absolute atomic E-state index is 12.8. The van der Waals surface area contributed by atoms with E-state index in [0.29, 0.717) is 18.5 Å². The van der Waals surface area contributed by atoms with Gasteiger partial charge in [-0.2, -0.15) is 0 Å². The zero-order chi connectivity index (χ0) is 15.7. The van der Waals surface area contributed by atoms with Crippen LogP contribution in [0.5, 0.6) is 0 Å². The molecule has 122 valence electrons. The molecular formula is C17H27N3O2. The number of aromatic nitrogens is 1. The molecule has 5 nitrogen and oxygen atoms in total. The van der Waals surface area contributed by atoms with Gasteiger partial charge in [0.25, 0.3) is 0 Å². The first-order valence-corrected chi connectivity index (χ1v) is 8.57. The average molecular weight is 305 g/mol. The zero-order valence-electron chi connectivity index (χ0n) is 14.0. The minimum Gasteiger partial charge on any atom is -0.361 e. The fourth-order valence-corrected chi connectivity index (χ4v) is 4.19. The van der Waals surface area contributed by atoms with Gasteiger partial charge in [-0.25, -0.2) is 0 Å². The Morgan fingerprint density at radius 1 is 1.23 bits per heavy atom. The van der Waals surface area contributed by atoms with E-state index in [2.05, 4.69) is 21.9 Å². The van der Waals surface area contributed by atoms with Gasteiger partial charge in [-0.15, -0.1) is 0 Å². The first-order valence-electron chi connectivity index (χ1n) is 8.57. The molecular weight excluding hydrogens is 278 g/mol. The predicted molar refractivity (Wildman–Crippen MR) is 84.7 cm³/mol. The Kier molecular flexibility index (Phi) is 4.52. The van der Waals surface area contributed by atoms with Crippen LogP contribution in [-0.2, 0) is 11.2 Å². The van der Waals surface area contributed by atoms with Gasteiger partial charge in [-0.1, -0.05) is 12.1 Å².